The van der Waals surface area contributed by atoms with E-state index in [-0.39, 0.29) is 5.97 Å². The Morgan fingerprint density at radius 2 is 2.28 bits per heavy atom. The lowest BCUT2D eigenvalue weighted by Gasteiger charge is -2.11. The van der Waals surface area contributed by atoms with E-state index >= 15 is 0 Å². The summed E-state index contributed by atoms with van der Waals surface area (Å²) in [6.07, 6.45) is 1.54. The summed E-state index contributed by atoms with van der Waals surface area (Å²) in [5.74, 6) is -0.365. The van der Waals surface area contributed by atoms with Crippen LogP contribution >= 0.6 is 15.9 Å². The molecule has 0 bridgehead atoms. The molecule has 5 heteroatoms. The molecular weight excluding hydrogens is 296 g/mol. The summed E-state index contributed by atoms with van der Waals surface area (Å²) in [7, 11) is 1.78. The Balaban J connectivity index is 2.67. The van der Waals surface area contributed by atoms with Gasteiger partial charge in [0.25, 0.3) is 0 Å². The van der Waals surface area contributed by atoms with E-state index in [4.69, 9.17) is 4.74 Å². The SMILES string of the molecule is CCOC(=O)c1cnc2c(Br)cccc2c1NC. The van der Waals surface area contributed by atoms with Crippen LogP contribution < -0.4 is 5.32 Å². The van der Waals surface area contributed by atoms with Crippen molar-refractivity contribution < 1.29 is 9.53 Å². The minimum absolute atomic E-state index is 0.346. The van der Waals surface area contributed by atoms with Gasteiger partial charge in [0.05, 0.1) is 17.8 Å². The van der Waals surface area contributed by atoms with Gasteiger partial charge in [-0.1, -0.05) is 12.1 Å². The topological polar surface area (TPSA) is 51.2 Å². The van der Waals surface area contributed by atoms with Gasteiger partial charge in [-0.05, 0) is 28.9 Å². The highest BCUT2D eigenvalue weighted by Crippen LogP contribution is 2.30. The summed E-state index contributed by atoms with van der Waals surface area (Å²) in [5, 5.41) is 3.93. The van der Waals surface area contributed by atoms with E-state index in [1.54, 1.807) is 14.0 Å². The minimum atomic E-state index is -0.365. The van der Waals surface area contributed by atoms with Gasteiger partial charge in [0, 0.05) is 23.1 Å². The summed E-state index contributed by atoms with van der Waals surface area (Å²) >= 11 is 3.45. The predicted molar refractivity (Wildman–Crippen MR) is 74.9 cm³/mol. The molecule has 18 heavy (non-hydrogen) atoms. The molecule has 0 aliphatic heterocycles. The number of carbonyl (C=O) groups excluding carboxylic acids is 1. The number of halogens is 1. The van der Waals surface area contributed by atoms with Gasteiger partial charge in [0.1, 0.15) is 5.56 Å². The predicted octanol–water partition coefficient (Wildman–Crippen LogP) is 3.22. The standard InChI is InChI=1S/C13H13BrN2O2/c1-3-18-13(17)9-7-16-12-8(11(9)15-2)5-4-6-10(12)14/h4-7H,3H2,1-2H3,(H,15,16). The highest BCUT2D eigenvalue weighted by atomic mass is 79.9. The Morgan fingerprint density at radius 3 is 2.94 bits per heavy atom. The Hall–Kier alpha value is -1.62. The maximum atomic E-state index is 11.8. The van der Waals surface area contributed by atoms with Crippen LogP contribution in [-0.4, -0.2) is 24.6 Å². The van der Waals surface area contributed by atoms with E-state index in [1.807, 2.05) is 18.2 Å². The van der Waals surface area contributed by atoms with E-state index in [0.29, 0.717) is 12.2 Å². The fourth-order valence-corrected chi connectivity index (χ4v) is 2.29. The van der Waals surface area contributed by atoms with Crippen LogP contribution in [-0.2, 0) is 4.74 Å². The molecule has 1 heterocycles. The van der Waals surface area contributed by atoms with Gasteiger partial charge < -0.3 is 10.1 Å². The van der Waals surface area contributed by atoms with E-state index in [1.165, 1.54) is 6.20 Å². The third kappa shape index (κ3) is 2.18. The monoisotopic (exact) mass is 308 g/mol. The molecule has 0 spiro atoms. The van der Waals surface area contributed by atoms with Crippen molar-refractivity contribution in [2.45, 2.75) is 6.92 Å². The molecule has 0 radical (unpaired) electrons. The van der Waals surface area contributed by atoms with Crippen LogP contribution in [0.15, 0.2) is 28.9 Å². The zero-order chi connectivity index (χ0) is 13.1. The summed E-state index contributed by atoms with van der Waals surface area (Å²) in [5.41, 5.74) is 2.00. The number of rotatable bonds is 3. The number of carbonyl (C=O) groups is 1. The Bertz CT molecular complexity index is 599. The number of ether oxygens (including phenoxy) is 1. The van der Waals surface area contributed by atoms with Crippen LogP contribution in [0, 0.1) is 0 Å². The van der Waals surface area contributed by atoms with E-state index in [0.717, 1.165) is 21.1 Å². The number of aromatic nitrogens is 1. The van der Waals surface area contributed by atoms with Crippen molar-refractivity contribution in [2.75, 3.05) is 19.0 Å². The van der Waals surface area contributed by atoms with Crippen molar-refractivity contribution in [2.24, 2.45) is 0 Å². The minimum Gasteiger partial charge on any atom is -0.462 e. The van der Waals surface area contributed by atoms with Gasteiger partial charge >= 0.3 is 5.97 Å². The average molecular weight is 309 g/mol. The first-order chi connectivity index (χ1) is 8.69. The Morgan fingerprint density at radius 1 is 1.50 bits per heavy atom. The number of hydrogen-bond acceptors (Lipinski definition) is 4. The second-order valence-corrected chi connectivity index (χ2v) is 4.51. The average Bonchev–Trinajstić information content (AvgIpc) is 2.38. The molecule has 94 valence electrons. The molecule has 0 saturated heterocycles. The lowest BCUT2D eigenvalue weighted by atomic mass is 10.1. The molecule has 4 nitrogen and oxygen atoms in total. The third-order valence-corrected chi connectivity index (χ3v) is 3.23. The maximum Gasteiger partial charge on any atom is 0.341 e. The zero-order valence-corrected chi connectivity index (χ0v) is 11.7. The van der Waals surface area contributed by atoms with Gasteiger partial charge in [-0.3, -0.25) is 4.98 Å². The first-order valence-corrected chi connectivity index (χ1v) is 6.40. The molecule has 0 aliphatic rings. The van der Waals surface area contributed by atoms with Gasteiger partial charge in [0.15, 0.2) is 0 Å². The highest BCUT2D eigenvalue weighted by Gasteiger charge is 2.16. The lowest BCUT2D eigenvalue weighted by Crippen LogP contribution is -2.09. The van der Waals surface area contributed by atoms with Crippen molar-refractivity contribution in [3.05, 3.63) is 34.4 Å². The number of para-hydroxylation sites is 1. The molecule has 2 aromatic rings. The first kappa shape index (κ1) is 12.8. The second-order valence-electron chi connectivity index (χ2n) is 3.65. The molecule has 0 saturated carbocycles. The molecule has 1 N–H and O–H groups in total. The number of esters is 1. The van der Waals surface area contributed by atoms with Crippen molar-refractivity contribution in [1.29, 1.82) is 0 Å². The summed E-state index contributed by atoms with van der Waals surface area (Å²) in [4.78, 5) is 16.1. The molecule has 1 aromatic heterocycles. The van der Waals surface area contributed by atoms with Gasteiger partial charge in [-0.25, -0.2) is 4.79 Å². The molecule has 0 atom stereocenters. The van der Waals surface area contributed by atoms with Crippen LogP contribution in [0.5, 0.6) is 0 Å². The van der Waals surface area contributed by atoms with Gasteiger partial charge in [0.2, 0.25) is 0 Å². The van der Waals surface area contributed by atoms with Crippen molar-refractivity contribution in [3.8, 4) is 0 Å². The second kappa shape index (κ2) is 5.35. The first-order valence-electron chi connectivity index (χ1n) is 5.61. The summed E-state index contributed by atoms with van der Waals surface area (Å²) in [6, 6.07) is 5.74. The van der Waals surface area contributed by atoms with Crippen LogP contribution in [0.1, 0.15) is 17.3 Å². The maximum absolute atomic E-state index is 11.8. The van der Waals surface area contributed by atoms with Crippen LogP contribution in [0.3, 0.4) is 0 Å². The number of pyridine rings is 1. The molecule has 0 fully saturated rings. The molecule has 1 aromatic carbocycles. The summed E-state index contributed by atoms with van der Waals surface area (Å²) < 4.78 is 5.91. The number of benzene rings is 1. The zero-order valence-electron chi connectivity index (χ0n) is 10.2. The normalized spacial score (nSPS) is 10.4. The lowest BCUT2D eigenvalue weighted by molar-refractivity contribution is 0.0527. The number of hydrogen-bond donors (Lipinski definition) is 1. The fraction of sp³-hybridized carbons (Fsp3) is 0.231. The molecule has 2 rings (SSSR count). The fourth-order valence-electron chi connectivity index (χ4n) is 1.82. The number of anilines is 1. The number of nitrogens with zero attached hydrogens (tertiary/aromatic N) is 1. The third-order valence-electron chi connectivity index (χ3n) is 2.59. The van der Waals surface area contributed by atoms with E-state index in [2.05, 4.69) is 26.2 Å². The number of fused-ring (bicyclic) bond motifs is 1. The number of nitrogens with one attached hydrogen (secondary N) is 1. The summed E-state index contributed by atoms with van der Waals surface area (Å²) in [6.45, 7) is 2.13. The van der Waals surface area contributed by atoms with Crippen molar-refractivity contribution in [1.82, 2.24) is 4.98 Å². The van der Waals surface area contributed by atoms with Gasteiger partial charge in [-0.2, -0.15) is 0 Å². The van der Waals surface area contributed by atoms with Crippen molar-refractivity contribution in [3.63, 3.8) is 0 Å². The molecule has 0 unspecified atom stereocenters. The Kier molecular flexibility index (Phi) is 3.81. The van der Waals surface area contributed by atoms with Crippen molar-refractivity contribution >= 4 is 38.5 Å². The quantitative estimate of drug-likeness (QED) is 0.885. The Labute approximate surface area is 113 Å². The van der Waals surface area contributed by atoms with Gasteiger partial charge in [-0.15, -0.1) is 0 Å². The largest absolute Gasteiger partial charge is 0.462 e. The van der Waals surface area contributed by atoms with E-state index < -0.39 is 0 Å². The van der Waals surface area contributed by atoms with Crippen LogP contribution in [0.25, 0.3) is 10.9 Å². The highest BCUT2D eigenvalue weighted by molar-refractivity contribution is 9.10. The molecule has 0 amide bonds. The molecule has 0 aliphatic carbocycles. The smallest absolute Gasteiger partial charge is 0.341 e. The molecular formula is C13H13BrN2O2. The van der Waals surface area contributed by atoms with Crippen LogP contribution in [0.2, 0.25) is 0 Å². The van der Waals surface area contributed by atoms with E-state index in [9.17, 15) is 4.79 Å². The van der Waals surface area contributed by atoms with Crippen LogP contribution in [0.4, 0.5) is 5.69 Å².